The largest absolute Gasteiger partial charge is 0.355 e. The molecule has 0 aromatic rings. The molecule has 0 fully saturated rings. The average Bonchev–Trinajstić information content (AvgIpc) is 2.11. The number of hydrogen-bond acceptors (Lipinski definition) is 2. The van der Waals surface area contributed by atoms with Crippen LogP contribution in [0.15, 0.2) is 0 Å². The zero-order chi connectivity index (χ0) is 12.1. The minimum Gasteiger partial charge on any atom is -0.355 e. The molecule has 0 aromatic carbocycles. The van der Waals surface area contributed by atoms with E-state index in [0.29, 0.717) is 12.5 Å². The molecular weight excluding hydrogens is 188 g/mol. The number of hydrogen-bond donors (Lipinski definition) is 2. The summed E-state index contributed by atoms with van der Waals surface area (Å²) < 4.78 is 0. The number of carbonyl (C=O) groups is 1. The van der Waals surface area contributed by atoms with Gasteiger partial charge < -0.3 is 11.1 Å². The molecule has 0 aromatic heterocycles. The average molecular weight is 214 g/mol. The van der Waals surface area contributed by atoms with Gasteiger partial charge in [0, 0.05) is 19.0 Å². The van der Waals surface area contributed by atoms with Gasteiger partial charge in [-0.05, 0) is 17.8 Å². The second-order valence-electron chi connectivity index (χ2n) is 5.62. The maximum Gasteiger partial charge on any atom is 0.224 e. The topological polar surface area (TPSA) is 55.1 Å². The Labute approximate surface area is 93.8 Å². The molecule has 1 unspecified atom stereocenters. The van der Waals surface area contributed by atoms with E-state index in [2.05, 4.69) is 33.0 Å². The summed E-state index contributed by atoms with van der Waals surface area (Å²) in [6.07, 6.45) is 1.12. The molecule has 0 aliphatic carbocycles. The molecule has 3 nitrogen and oxygen atoms in total. The number of nitrogens with two attached hydrogens (primary N) is 1. The van der Waals surface area contributed by atoms with Crippen molar-refractivity contribution >= 4 is 5.91 Å². The van der Waals surface area contributed by atoms with Crippen molar-refractivity contribution in [1.29, 1.82) is 0 Å². The number of nitrogens with one attached hydrogen (secondary N) is 1. The molecular formula is C12H26N2O. The van der Waals surface area contributed by atoms with Crippen LogP contribution >= 0.6 is 0 Å². The lowest BCUT2D eigenvalue weighted by Crippen LogP contribution is -2.39. The van der Waals surface area contributed by atoms with Crippen molar-refractivity contribution in [1.82, 2.24) is 5.32 Å². The summed E-state index contributed by atoms with van der Waals surface area (Å²) in [5.74, 6) is 0.637. The highest BCUT2D eigenvalue weighted by Crippen LogP contribution is 2.24. The van der Waals surface area contributed by atoms with E-state index in [0.717, 1.165) is 13.0 Å². The van der Waals surface area contributed by atoms with E-state index < -0.39 is 0 Å². The molecule has 15 heavy (non-hydrogen) atoms. The van der Waals surface area contributed by atoms with Gasteiger partial charge in [-0.2, -0.15) is 0 Å². The summed E-state index contributed by atoms with van der Waals surface area (Å²) >= 11 is 0. The van der Waals surface area contributed by atoms with Gasteiger partial charge >= 0.3 is 0 Å². The summed E-state index contributed by atoms with van der Waals surface area (Å²) in [7, 11) is 0. The molecule has 0 rings (SSSR count). The van der Waals surface area contributed by atoms with Gasteiger partial charge in [0.2, 0.25) is 5.91 Å². The summed E-state index contributed by atoms with van der Waals surface area (Å²) in [5, 5.41) is 2.96. The van der Waals surface area contributed by atoms with Crippen LogP contribution in [-0.2, 0) is 4.79 Å². The van der Waals surface area contributed by atoms with Crippen molar-refractivity contribution in [2.45, 2.75) is 41.0 Å². The second kappa shape index (κ2) is 6.11. The van der Waals surface area contributed by atoms with Gasteiger partial charge in [-0.25, -0.2) is 0 Å². The third-order valence-corrected chi connectivity index (χ3v) is 2.50. The Balaban J connectivity index is 3.98. The summed E-state index contributed by atoms with van der Waals surface area (Å²) in [4.78, 5) is 11.5. The highest BCUT2D eigenvalue weighted by atomic mass is 16.1. The van der Waals surface area contributed by atoms with Gasteiger partial charge in [0.1, 0.15) is 0 Å². The summed E-state index contributed by atoms with van der Waals surface area (Å²) in [6.45, 7) is 11.8. The second-order valence-corrected chi connectivity index (χ2v) is 5.62. The zero-order valence-electron chi connectivity index (χ0n) is 10.8. The molecule has 3 N–H and O–H groups in total. The van der Waals surface area contributed by atoms with Crippen LogP contribution in [0.4, 0.5) is 0 Å². The lowest BCUT2D eigenvalue weighted by molar-refractivity contribution is -0.124. The standard InChI is InChI=1S/C12H26N2O/c1-9(2)6-12(4,5)8-14-11(15)10(3)7-13/h9-10H,6-8,13H2,1-5H3,(H,14,15). The van der Waals surface area contributed by atoms with Crippen LogP contribution in [0.25, 0.3) is 0 Å². The molecule has 3 heteroatoms. The molecule has 0 spiro atoms. The SMILES string of the molecule is CC(C)CC(C)(C)CNC(=O)C(C)CN. The fourth-order valence-electron chi connectivity index (χ4n) is 1.79. The zero-order valence-corrected chi connectivity index (χ0v) is 10.8. The van der Waals surface area contributed by atoms with Gasteiger partial charge in [-0.1, -0.05) is 34.6 Å². The molecule has 0 aliphatic heterocycles. The third kappa shape index (κ3) is 6.50. The molecule has 0 heterocycles. The lowest BCUT2D eigenvalue weighted by atomic mass is 9.84. The van der Waals surface area contributed by atoms with E-state index in [9.17, 15) is 4.79 Å². The van der Waals surface area contributed by atoms with Crippen molar-refractivity contribution < 1.29 is 4.79 Å². The van der Waals surface area contributed by atoms with Crippen molar-refractivity contribution in [3.8, 4) is 0 Å². The fraction of sp³-hybridized carbons (Fsp3) is 0.917. The van der Waals surface area contributed by atoms with Gasteiger partial charge in [0.15, 0.2) is 0 Å². The van der Waals surface area contributed by atoms with Gasteiger partial charge in [-0.3, -0.25) is 4.79 Å². The molecule has 0 aliphatic rings. The van der Waals surface area contributed by atoms with Crippen molar-refractivity contribution in [3.05, 3.63) is 0 Å². The number of rotatable bonds is 6. The van der Waals surface area contributed by atoms with Crippen LogP contribution in [0.5, 0.6) is 0 Å². The fourth-order valence-corrected chi connectivity index (χ4v) is 1.79. The minimum atomic E-state index is -0.0835. The Bertz CT molecular complexity index is 200. The molecule has 0 bridgehead atoms. The predicted molar refractivity (Wildman–Crippen MR) is 64.5 cm³/mol. The molecule has 1 atom stereocenters. The molecule has 0 saturated heterocycles. The van der Waals surface area contributed by atoms with Crippen LogP contribution in [-0.4, -0.2) is 19.0 Å². The van der Waals surface area contributed by atoms with E-state index in [4.69, 9.17) is 5.73 Å². The van der Waals surface area contributed by atoms with Gasteiger partial charge in [0.05, 0.1) is 0 Å². The van der Waals surface area contributed by atoms with Crippen LogP contribution in [0.3, 0.4) is 0 Å². The Morgan fingerprint density at radius 2 is 1.87 bits per heavy atom. The van der Waals surface area contributed by atoms with E-state index in [1.807, 2.05) is 6.92 Å². The molecule has 1 amide bonds. The van der Waals surface area contributed by atoms with Crippen LogP contribution in [0.2, 0.25) is 0 Å². The highest BCUT2D eigenvalue weighted by Gasteiger charge is 2.21. The maximum atomic E-state index is 11.5. The van der Waals surface area contributed by atoms with Gasteiger partial charge in [0.25, 0.3) is 0 Å². The van der Waals surface area contributed by atoms with E-state index >= 15 is 0 Å². The first-order chi connectivity index (χ1) is 6.78. The maximum absolute atomic E-state index is 11.5. The first kappa shape index (κ1) is 14.4. The molecule has 0 radical (unpaired) electrons. The van der Waals surface area contributed by atoms with Crippen molar-refractivity contribution in [3.63, 3.8) is 0 Å². The van der Waals surface area contributed by atoms with Crippen LogP contribution < -0.4 is 11.1 Å². The van der Waals surface area contributed by atoms with Crippen molar-refractivity contribution in [2.24, 2.45) is 23.0 Å². The normalized spacial score (nSPS) is 14.1. The quantitative estimate of drug-likeness (QED) is 0.708. The Hall–Kier alpha value is -0.570. The highest BCUT2D eigenvalue weighted by molar-refractivity contribution is 5.78. The first-order valence-corrected chi connectivity index (χ1v) is 5.76. The first-order valence-electron chi connectivity index (χ1n) is 5.76. The Morgan fingerprint density at radius 3 is 2.27 bits per heavy atom. The van der Waals surface area contributed by atoms with Crippen molar-refractivity contribution in [2.75, 3.05) is 13.1 Å². The minimum absolute atomic E-state index is 0.0642. The summed E-state index contributed by atoms with van der Waals surface area (Å²) in [6, 6.07) is 0. The summed E-state index contributed by atoms with van der Waals surface area (Å²) in [5.41, 5.74) is 5.60. The van der Waals surface area contributed by atoms with Gasteiger partial charge in [-0.15, -0.1) is 0 Å². The molecule has 0 saturated carbocycles. The van der Waals surface area contributed by atoms with E-state index in [1.54, 1.807) is 0 Å². The smallest absolute Gasteiger partial charge is 0.224 e. The number of carbonyl (C=O) groups excluding carboxylic acids is 1. The van der Waals surface area contributed by atoms with Crippen LogP contribution in [0, 0.1) is 17.3 Å². The number of amides is 1. The third-order valence-electron chi connectivity index (χ3n) is 2.50. The lowest BCUT2D eigenvalue weighted by Gasteiger charge is -2.27. The monoisotopic (exact) mass is 214 g/mol. The van der Waals surface area contributed by atoms with E-state index in [1.165, 1.54) is 0 Å². The molecule has 90 valence electrons. The predicted octanol–water partition coefficient (Wildman–Crippen LogP) is 1.77. The Morgan fingerprint density at radius 1 is 1.33 bits per heavy atom. The Kier molecular flexibility index (Phi) is 5.88. The van der Waals surface area contributed by atoms with E-state index in [-0.39, 0.29) is 17.2 Å². The van der Waals surface area contributed by atoms with Crippen LogP contribution in [0.1, 0.15) is 41.0 Å².